The fraction of sp³-hybridized carbons (Fsp3) is 0.357. The van der Waals surface area contributed by atoms with E-state index in [9.17, 15) is 0 Å². The molecule has 2 aromatic carbocycles. The van der Waals surface area contributed by atoms with Gasteiger partial charge in [0.1, 0.15) is 17.3 Å². The Morgan fingerprint density at radius 2 is 1.86 bits per heavy atom. The van der Waals surface area contributed by atoms with Crippen LogP contribution in [0.15, 0.2) is 48.7 Å². The van der Waals surface area contributed by atoms with E-state index in [2.05, 4.69) is 50.2 Å². The van der Waals surface area contributed by atoms with Crippen LogP contribution in [-0.2, 0) is 11.3 Å². The summed E-state index contributed by atoms with van der Waals surface area (Å²) in [4.78, 5) is 9.30. The van der Waals surface area contributed by atoms with Gasteiger partial charge in [-0.15, -0.1) is 0 Å². The summed E-state index contributed by atoms with van der Waals surface area (Å²) in [5, 5.41) is 8.58. The summed E-state index contributed by atoms with van der Waals surface area (Å²) in [5.41, 5.74) is 5.50. The van der Waals surface area contributed by atoms with E-state index in [0.29, 0.717) is 31.1 Å². The van der Waals surface area contributed by atoms with E-state index in [0.717, 1.165) is 78.2 Å². The Bertz CT molecular complexity index is 1380. The van der Waals surface area contributed by atoms with Crippen molar-refractivity contribution < 1.29 is 13.9 Å². The molecule has 0 spiro atoms. The van der Waals surface area contributed by atoms with Crippen LogP contribution in [0.25, 0.3) is 33.4 Å². The third kappa shape index (κ3) is 4.42. The van der Waals surface area contributed by atoms with Crippen molar-refractivity contribution in [1.82, 2.24) is 20.1 Å². The Morgan fingerprint density at radius 3 is 2.75 bits per heavy atom. The zero-order valence-corrected chi connectivity index (χ0v) is 20.5. The van der Waals surface area contributed by atoms with Crippen molar-refractivity contribution in [3.8, 4) is 28.3 Å². The Labute approximate surface area is 209 Å². The highest BCUT2D eigenvalue weighted by atomic mass is 19.1. The molecule has 2 aromatic heterocycles. The minimum absolute atomic E-state index is 0.304. The predicted octanol–water partition coefficient (Wildman–Crippen LogP) is 4.87. The molecule has 186 valence electrons. The molecule has 6 rings (SSSR count). The number of pyridine rings is 1. The number of aromatic nitrogens is 3. The monoisotopic (exact) mass is 487 g/mol. The van der Waals surface area contributed by atoms with Crippen molar-refractivity contribution in [3.05, 3.63) is 60.0 Å². The highest BCUT2D eigenvalue weighted by Gasteiger charge is 2.21. The van der Waals surface area contributed by atoms with Crippen LogP contribution in [0.1, 0.15) is 18.4 Å². The molecule has 4 bridgehead atoms. The van der Waals surface area contributed by atoms with Crippen molar-refractivity contribution in [2.45, 2.75) is 19.4 Å². The quantitative estimate of drug-likeness (QED) is 0.413. The number of hydrogen-bond donors (Lipinski definition) is 1. The second kappa shape index (κ2) is 9.87. The number of fused-ring (bicyclic) bond motifs is 6. The number of anilines is 1. The van der Waals surface area contributed by atoms with Crippen LogP contribution < -0.4 is 9.64 Å². The zero-order chi connectivity index (χ0) is 24.5. The summed E-state index contributed by atoms with van der Waals surface area (Å²) in [6, 6.07) is 13.3. The molecule has 7 nitrogen and oxygen atoms in total. The molecule has 0 amide bonds. The number of aromatic amines is 1. The van der Waals surface area contributed by atoms with Crippen molar-refractivity contribution in [1.29, 1.82) is 0 Å². The molecule has 2 aliphatic rings. The van der Waals surface area contributed by atoms with Gasteiger partial charge in [0.05, 0.1) is 36.3 Å². The first-order chi connectivity index (χ1) is 17.7. The Balaban J connectivity index is 1.46. The van der Waals surface area contributed by atoms with Gasteiger partial charge in [-0.3, -0.25) is 10.1 Å². The number of ether oxygens (including phenoxy) is 2. The number of H-pyrrole nitrogens is 1. The maximum absolute atomic E-state index is 15.0. The highest BCUT2D eigenvalue weighted by Crippen LogP contribution is 2.37. The summed E-state index contributed by atoms with van der Waals surface area (Å²) in [6.45, 7) is 5.50. The lowest BCUT2D eigenvalue weighted by atomic mass is 10.0. The van der Waals surface area contributed by atoms with Gasteiger partial charge in [0, 0.05) is 49.3 Å². The standard InChI is InChI=1S/C28H30FN5O2/c1-33-9-11-34(12-10-33)25-8-7-19-15-26(25)36-14-3-2-13-35-18-20-5-4-6-22(29)27(20)23-16-21-24(17-30-23)31-32-28(19)21/h4-8,15-17H,2-3,9-14,18H2,1H3,(H,31,32). The van der Waals surface area contributed by atoms with Crippen LogP contribution in [0.2, 0.25) is 0 Å². The predicted molar refractivity (Wildman–Crippen MR) is 139 cm³/mol. The van der Waals surface area contributed by atoms with Gasteiger partial charge in [-0.1, -0.05) is 18.2 Å². The SMILES string of the molecule is CN1CCN(c2ccc3cc2OCCCCOCc2cccc(F)c2-c2cc4c-3n[nH]c4cn2)CC1. The Morgan fingerprint density at radius 1 is 1.00 bits per heavy atom. The van der Waals surface area contributed by atoms with E-state index in [1.165, 1.54) is 6.07 Å². The van der Waals surface area contributed by atoms with Gasteiger partial charge >= 0.3 is 0 Å². The van der Waals surface area contributed by atoms with Gasteiger partial charge in [0.25, 0.3) is 0 Å². The van der Waals surface area contributed by atoms with Gasteiger partial charge in [-0.2, -0.15) is 5.10 Å². The molecule has 0 radical (unpaired) electrons. The number of halogens is 1. The summed E-state index contributed by atoms with van der Waals surface area (Å²) in [5.74, 6) is 0.563. The lowest BCUT2D eigenvalue weighted by Crippen LogP contribution is -2.44. The minimum Gasteiger partial charge on any atom is -0.491 e. The minimum atomic E-state index is -0.304. The van der Waals surface area contributed by atoms with Gasteiger partial charge in [0.15, 0.2) is 0 Å². The highest BCUT2D eigenvalue weighted by molar-refractivity contribution is 5.95. The summed E-state index contributed by atoms with van der Waals surface area (Å²) in [7, 11) is 2.16. The van der Waals surface area contributed by atoms with Crippen LogP contribution in [0.3, 0.4) is 0 Å². The second-order valence-electron chi connectivity index (χ2n) is 9.54. The first-order valence-electron chi connectivity index (χ1n) is 12.6. The number of piperazine rings is 1. The van der Waals surface area contributed by atoms with Crippen LogP contribution >= 0.6 is 0 Å². The number of hydrogen-bond acceptors (Lipinski definition) is 6. The number of nitrogens with zero attached hydrogens (tertiary/aromatic N) is 4. The maximum atomic E-state index is 15.0. The molecular formula is C28H30FN5O2. The van der Waals surface area contributed by atoms with Crippen molar-refractivity contribution in [3.63, 3.8) is 0 Å². The third-order valence-electron chi connectivity index (χ3n) is 7.08. The van der Waals surface area contributed by atoms with E-state index in [4.69, 9.17) is 9.47 Å². The Kier molecular flexibility index (Phi) is 6.29. The lowest BCUT2D eigenvalue weighted by Gasteiger charge is -2.35. The molecule has 0 atom stereocenters. The first-order valence-corrected chi connectivity index (χ1v) is 12.6. The number of nitrogens with one attached hydrogen (secondary N) is 1. The fourth-order valence-corrected chi connectivity index (χ4v) is 5.01. The molecule has 36 heavy (non-hydrogen) atoms. The van der Waals surface area contributed by atoms with Gasteiger partial charge in [-0.05, 0) is 49.7 Å². The largest absolute Gasteiger partial charge is 0.491 e. The molecule has 1 fully saturated rings. The number of benzene rings is 2. The lowest BCUT2D eigenvalue weighted by molar-refractivity contribution is 0.114. The summed E-state index contributed by atoms with van der Waals surface area (Å²) in [6.07, 6.45) is 3.45. The molecule has 0 saturated carbocycles. The molecule has 1 saturated heterocycles. The zero-order valence-electron chi connectivity index (χ0n) is 20.5. The fourth-order valence-electron chi connectivity index (χ4n) is 5.01. The van der Waals surface area contributed by atoms with E-state index in [1.54, 1.807) is 12.3 Å². The van der Waals surface area contributed by atoms with Crippen LogP contribution in [0, 0.1) is 5.82 Å². The Hall–Kier alpha value is -3.49. The van der Waals surface area contributed by atoms with Crippen molar-refractivity contribution in [2.75, 3.05) is 51.3 Å². The van der Waals surface area contributed by atoms with Crippen molar-refractivity contribution in [2.24, 2.45) is 0 Å². The number of likely N-dealkylation sites (N-methyl/N-ethyl adjacent to an activating group) is 1. The normalized spacial score (nSPS) is 17.2. The average Bonchev–Trinajstić information content (AvgIpc) is 3.31. The average molecular weight is 488 g/mol. The molecular weight excluding hydrogens is 457 g/mol. The topological polar surface area (TPSA) is 66.5 Å². The van der Waals surface area contributed by atoms with Crippen molar-refractivity contribution >= 4 is 16.6 Å². The summed E-state index contributed by atoms with van der Waals surface area (Å²) >= 11 is 0. The molecule has 0 unspecified atom stereocenters. The molecule has 8 heteroatoms. The van der Waals surface area contributed by atoms with E-state index >= 15 is 4.39 Å². The van der Waals surface area contributed by atoms with E-state index in [-0.39, 0.29) is 5.82 Å². The second-order valence-corrected chi connectivity index (χ2v) is 9.54. The van der Waals surface area contributed by atoms with Gasteiger partial charge in [-0.25, -0.2) is 4.39 Å². The van der Waals surface area contributed by atoms with E-state index in [1.807, 2.05) is 12.1 Å². The van der Waals surface area contributed by atoms with Gasteiger partial charge in [0.2, 0.25) is 0 Å². The smallest absolute Gasteiger partial charge is 0.143 e. The van der Waals surface area contributed by atoms with Crippen LogP contribution in [0.4, 0.5) is 10.1 Å². The number of rotatable bonds is 1. The van der Waals surface area contributed by atoms with Crippen LogP contribution in [0.5, 0.6) is 5.75 Å². The third-order valence-corrected chi connectivity index (χ3v) is 7.08. The van der Waals surface area contributed by atoms with E-state index < -0.39 is 0 Å². The van der Waals surface area contributed by atoms with Crippen LogP contribution in [-0.4, -0.2) is 66.5 Å². The molecule has 0 aliphatic carbocycles. The maximum Gasteiger partial charge on any atom is 0.143 e. The molecule has 1 N–H and O–H groups in total. The first kappa shape index (κ1) is 22.9. The molecule has 2 aliphatic heterocycles. The summed E-state index contributed by atoms with van der Waals surface area (Å²) < 4.78 is 27.3. The molecule has 4 aromatic rings. The van der Waals surface area contributed by atoms with Gasteiger partial charge < -0.3 is 19.3 Å². The molecule has 4 heterocycles.